The maximum atomic E-state index is 12.6. The van der Waals surface area contributed by atoms with Crippen molar-refractivity contribution in [2.75, 3.05) is 16.8 Å². The molecule has 2 aromatic rings. The van der Waals surface area contributed by atoms with E-state index in [1.54, 1.807) is 29.2 Å². The van der Waals surface area contributed by atoms with Gasteiger partial charge in [0.05, 0.1) is 5.69 Å². The number of benzene rings is 2. The van der Waals surface area contributed by atoms with Gasteiger partial charge < -0.3 is 15.0 Å². The highest BCUT2D eigenvalue weighted by Gasteiger charge is 2.30. The number of amides is 2. The van der Waals surface area contributed by atoms with Crippen LogP contribution in [0, 0.1) is 0 Å². The average Bonchev–Trinajstić information content (AvgIpc) is 2.89. The number of para-hydroxylation sites is 3. The lowest BCUT2D eigenvalue weighted by atomic mass is 10.1. The molecule has 0 aliphatic carbocycles. The van der Waals surface area contributed by atoms with E-state index in [2.05, 4.69) is 5.32 Å². The first-order valence-electron chi connectivity index (χ1n) is 7.95. The van der Waals surface area contributed by atoms with Crippen LogP contribution in [0.3, 0.4) is 0 Å². The number of ether oxygens (including phenoxy) is 1. The van der Waals surface area contributed by atoms with Crippen LogP contribution < -0.4 is 15.0 Å². The Labute approximate surface area is 141 Å². The lowest BCUT2D eigenvalue weighted by Gasteiger charge is -2.23. The van der Waals surface area contributed by atoms with Crippen molar-refractivity contribution in [3.8, 4) is 5.75 Å². The minimum Gasteiger partial charge on any atom is -0.482 e. The molecular weight excluding hydrogens is 304 g/mol. The summed E-state index contributed by atoms with van der Waals surface area (Å²) in [4.78, 5) is 25.7. The molecule has 0 unspecified atom stereocenters. The monoisotopic (exact) mass is 324 g/mol. The van der Waals surface area contributed by atoms with Crippen molar-refractivity contribution in [3.05, 3.63) is 54.1 Å². The number of hydrogen-bond donors (Lipinski definition) is 1. The summed E-state index contributed by atoms with van der Waals surface area (Å²) in [5, 5.41) is 2.70. The van der Waals surface area contributed by atoms with Crippen LogP contribution in [-0.2, 0) is 16.0 Å². The molecule has 3 rings (SSSR count). The van der Waals surface area contributed by atoms with Gasteiger partial charge in [-0.1, -0.05) is 30.3 Å². The summed E-state index contributed by atoms with van der Waals surface area (Å²) in [5.74, 6) is 0.214. The van der Waals surface area contributed by atoms with Gasteiger partial charge in [0.25, 0.3) is 5.91 Å². The Bertz CT molecular complexity index is 773. The van der Waals surface area contributed by atoms with E-state index < -0.39 is 0 Å². The van der Waals surface area contributed by atoms with Gasteiger partial charge in [0, 0.05) is 18.7 Å². The molecule has 124 valence electrons. The molecule has 0 bridgehead atoms. The Morgan fingerprint density at radius 2 is 1.88 bits per heavy atom. The van der Waals surface area contributed by atoms with Crippen LogP contribution in [0.25, 0.3) is 0 Å². The first-order valence-corrected chi connectivity index (χ1v) is 7.95. The van der Waals surface area contributed by atoms with Gasteiger partial charge in [0.1, 0.15) is 5.75 Å². The summed E-state index contributed by atoms with van der Waals surface area (Å²) in [6, 6.07) is 15.1. The van der Waals surface area contributed by atoms with Gasteiger partial charge in [-0.2, -0.15) is 0 Å². The van der Waals surface area contributed by atoms with Crippen LogP contribution in [0.4, 0.5) is 11.4 Å². The van der Waals surface area contributed by atoms with Gasteiger partial charge in [-0.3, -0.25) is 9.59 Å². The van der Waals surface area contributed by atoms with E-state index in [1.807, 2.05) is 31.2 Å². The Balaban J connectivity index is 1.72. The van der Waals surface area contributed by atoms with E-state index in [4.69, 9.17) is 4.74 Å². The Morgan fingerprint density at radius 3 is 2.67 bits per heavy atom. The number of carbonyl (C=O) groups is 2. The van der Waals surface area contributed by atoms with Crippen molar-refractivity contribution in [2.45, 2.75) is 26.3 Å². The van der Waals surface area contributed by atoms with Gasteiger partial charge in [0.2, 0.25) is 5.91 Å². The summed E-state index contributed by atoms with van der Waals surface area (Å²) in [7, 11) is 0. The molecular formula is C19H20N2O3. The fourth-order valence-electron chi connectivity index (χ4n) is 3.04. The molecule has 0 saturated carbocycles. The second-order valence-electron chi connectivity index (χ2n) is 5.91. The maximum Gasteiger partial charge on any atom is 0.265 e. The highest BCUT2D eigenvalue weighted by Crippen LogP contribution is 2.32. The molecule has 5 heteroatoms. The lowest BCUT2D eigenvalue weighted by Crippen LogP contribution is -2.39. The van der Waals surface area contributed by atoms with Crippen LogP contribution >= 0.6 is 0 Å². The van der Waals surface area contributed by atoms with Crippen LogP contribution in [0.5, 0.6) is 5.75 Å². The second-order valence-corrected chi connectivity index (χ2v) is 5.91. The van der Waals surface area contributed by atoms with Gasteiger partial charge in [0.15, 0.2) is 6.61 Å². The fraction of sp³-hybridized carbons (Fsp3) is 0.263. The van der Waals surface area contributed by atoms with Gasteiger partial charge in [-0.05, 0) is 37.1 Å². The molecule has 0 radical (unpaired) electrons. The van der Waals surface area contributed by atoms with Crippen LogP contribution in [0.1, 0.15) is 19.4 Å². The van der Waals surface area contributed by atoms with Crippen molar-refractivity contribution in [1.29, 1.82) is 0 Å². The molecule has 1 N–H and O–H groups in total. The molecule has 1 aliphatic heterocycles. The van der Waals surface area contributed by atoms with Crippen LogP contribution in [0.15, 0.2) is 48.5 Å². The molecule has 5 nitrogen and oxygen atoms in total. The van der Waals surface area contributed by atoms with Crippen LogP contribution in [0.2, 0.25) is 0 Å². The Hall–Kier alpha value is -2.82. The van der Waals surface area contributed by atoms with Crippen molar-refractivity contribution in [3.63, 3.8) is 0 Å². The van der Waals surface area contributed by atoms with Crippen molar-refractivity contribution < 1.29 is 14.3 Å². The quantitative estimate of drug-likeness (QED) is 0.940. The van der Waals surface area contributed by atoms with Crippen molar-refractivity contribution >= 4 is 23.2 Å². The number of rotatable bonds is 4. The average molecular weight is 324 g/mol. The topological polar surface area (TPSA) is 58.6 Å². The summed E-state index contributed by atoms with van der Waals surface area (Å²) in [5.41, 5.74) is 2.69. The highest BCUT2D eigenvalue weighted by molar-refractivity contribution is 5.97. The van der Waals surface area contributed by atoms with Gasteiger partial charge in [-0.25, -0.2) is 0 Å². The fourth-order valence-corrected chi connectivity index (χ4v) is 3.04. The van der Waals surface area contributed by atoms with E-state index in [9.17, 15) is 9.59 Å². The normalized spacial score (nSPS) is 15.8. The van der Waals surface area contributed by atoms with Crippen molar-refractivity contribution in [1.82, 2.24) is 0 Å². The Kier molecular flexibility index (Phi) is 4.51. The second kappa shape index (κ2) is 6.74. The summed E-state index contributed by atoms with van der Waals surface area (Å²) < 4.78 is 5.67. The molecule has 1 heterocycles. The van der Waals surface area contributed by atoms with E-state index in [0.717, 1.165) is 12.1 Å². The molecule has 1 aliphatic rings. The molecule has 0 fully saturated rings. The highest BCUT2D eigenvalue weighted by atomic mass is 16.5. The first kappa shape index (κ1) is 16.1. The van der Waals surface area contributed by atoms with E-state index in [-0.39, 0.29) is 24.5 Å². The maximum absolute atomic E-state index is 12.6. The van der Waals surface area contributed by atoms with E-state index >= 15 is 0 Å². The predicted octanol–water partition coefficient (Wildman–Crippen LogP) is 3.00. The third-order valence-corrected chi connectivity index (χ3v) is 4.02. The SMILES string of the molecule is CC(=O)Nc1ccccc1OCC(=O)N1c2ccccc2C[C@@H]1C. The zero-order valence-corrected chi connectivity index (χ0v) is 13.8. The molecule has 0 aromatic heterocycles. The molecule has 2 aromatic carbocycles. The van der Waals surface area contributed by atoms with Crippen LogP contribution in [-0.4, -0.2) is 24.5 Å². The standard InChI is InChI=1S/C19H20N2O3/c1-13-11-15-7-3-5-9-17(15)21(13)19(23)12-24-18-10-6-4-8-16(18)20-14(2)22/h3-10,13H,11-12H2,1-2H3,(H,20,22)/t13-/m0/s1. The number of nitrogens with zero attached hydrogens (tertiary/aromatic N) is 1. The number of anilines is 2. The van der Waals surface area contributed by atoms with E-state index in [1.165, 1.54) is 12.5 Å². The number of fused-ring (bicyclic) bond motifs is 1. The predicted molar refractivity (Wildman–Crippen MR) is 93.3 cm³/mol. The minimum absolute atomic E-state index is 0.0741. The smallest absolute Gasteiger partial charge is 0.265 e. The van der Waals surface area contributed by atoms with Crippen molar-refractivity contribution in [2.24, 2.45) is 0 Å². The number of carbonyl (C=O) groups excluding carboxylic acids is 2. The third kappa shape index (κ3) is 3.25. The lowest BCUT2D eigenvalue weighted by molar-refractivity contribution is -0.120. The zero-order valence-electron chi connectivity index (χ0n) is 13.8. The number of nitrogens with one attached hydrogen (secondary N) is 1. The molecule has 0 saturated heterocycles. The first-order chi connectivity index (χ1) is 11.6. The third-order valence-electron chi connectivity index (χ3n) is 4.02. The molecule has 1 atom stereocenters. The van der Waals surface area contributed by atoms with E-state index in [0.29, 0.717) is 11.4 Å². The summed E-state index contributed by atoms with van der Waals surface area (Å²) in [6.45, 7) is 3.39. The molecule has 24 heavy (non-hydrogen) atoms. The molecule has 0 spiro atoms. The zero-order chi connectivity index (χ0) is 17.1. The summed E-state index contributed by atoms with van der Waals surface area (Å²) in [6.07, 6.45) is 0.852. The number of hydrogen-bond acceptors (Lipinski definition) is 3. The minimum atomic E-state index is -0.181. The Morgan fingerprint density at radius 1 is 1.17 bits per heavy atom. The molecule has 2 amide bonds. The summed E-state index contributed by atoms with van der Waals surface area (Å²) >= 11 is 0. The van der Waals surface area contributed by atoms with Gasteiger partial charge in [-0.15, -0.1) is 0 Å². The van der Waals surface area contributed by atoms with Gasteiger partial charge >= 0.3 is 0 Å². The largest absolute Gasteiger partial charge is 0.482 e.